The lowest BCUT2D eigenvalue weighted by molar-refractivity contribution is 0.796. The smallest absolute Gasteiger partial charge is 0.257 e. The zero-order chi connectivity index (χ0) is 14.7. The zero-order valence-corrected chi connectivity index (χ0v) is 11.9. The topological polar surface area (TPSA) is 81.4 Å². The van der Waals surface area contributed by atoms with Gasteiger partial charge in [-0.15, -0.1) is 0 Å². The minimum absolute atomic E-state index is 0.439. The summed E-state index contributed by atoms with van der Waals surface area (Å²) in [6.07, 6.45) is 3.01. The highest BCUT2D eigenvalue weighted by Crippen LogP contribution is 2.17. The van der Waals surface area contributed by atoms with Crippen LogP contribution in [0.15, 0.2) is 36.9 Å². The Balaban J connectivity index is 2.09. The van der Waals surface area contributed by atoms with E-state index < -0.39 is 0 Å². The molecule has 0 unspecified atom stereocenters. The van der Waals surface area contributed by atoms with E-state index in [2.05, 4.69) is 30.4 Å². The maximum Gasteiger partial charge on any atom is 0.257 e. The van der Waals surface area contributed by atoms with E-state index >= 15 is 0 Å². The fraction of sp³-hybridized carbons (Fsp3) is 0.214. The largest absolute Gasteiger partial charge is 0.354 e. The summed E-state index contributed by atoms with van der Waals surface area (Å²) in [6.45, 7) is 4.76. The van der Waals surface area contributed by atoms with Crippen LogP contribution < -0.4 is 5.32 Å². The second kappa shape index (κ2) is 5.66. The van der Waals surface area contributed by atoms with Crippen LogP contribution in [0.3, 0.4) is 0 Å². The molecule has 0 radical (unpaired) electrons. The Morgan fingerprint density at radius 1 is 1.10 bits per heavy atom. The van der Waals surface area contributed by atoms with E-state index in [0.717, 1.165) is 12.1 Å². The number of nitrogens with one attached hydrogen (secondary N) is 1. The van der Waals surface area contributed by atoms with Crippen molar-refractivity contribution in [3.05, 3.63) is 42.5 Å². The van der Waals surface area contributed by atoms with Crippen LogP contribution in [0.2, 0.25) is 0 Å². The number of aromatic nitrogens is 6. The van der Waals surface area contributed by atoms with Crippen LogP contribution in [0, 0.1) is 6.92 Å². The molecule has 0 aliphatic rings. The predicted octanol–water partition coefficient (Wildman–Crippen LogP) is 1.86. The molecule has 0 bridgehead atoms. The van der Waals surface area contributed by atoms with Gasteiger partial charge in [-0.2, -0.15) is 24.7 Å². The Bertz CT molecular complexity index is 720. The van der Waals surface area contributed by atoms with Gasteiger partial charge in [-0.1, -0.05) is 29.8 Å². The summed E-state index contributed by atoms with van der Waals surface area (Å²) in [5, 5.41) is 7.17. The molecule has 3 rings (SSSR count). The lowest BCUT2D eigenvalue weighted by atomic mass is 10.1. The lowest BCUT2D eigenvalue weighted by Crippen LogP contribution is -2.10. The summed E-state index contributed by atoms with van der Waals surface area (Å²) in [5.74, 6) is 1.56. The average Bonchev–Trinajstić information content (AvgIpc) is 3.02. The third-order valence-corrected chi connectivity index (χ3v) is 2.89. The number of hydrogen-bond donors (Lipinski definition) is 1. The van der Waals surface area contributed by atoms with Gasteiger partial charge in [-0.25, -0.2) is 4.98 Å². The maximum atomic E-state index is 4.46. The molecule has 7 nitrogen and oxygen atoms in total. The van der Waals surface area contributed by atoms with Crippen LogP contribution in [0.1, 0.15) is 12.5 Å². The van der Waals surface area contributed by atoms with E-state index in [1.54, 1.807) is 6.33 Å². The monoisotopic (exact) mass is 281 g/mol. The Kier molecular flexibility index (Phi) is 3.55. The van der Waals surface area contributed by atoms with Crippen molar-refractivity contribution in [3.63, 3.8) is 0 Å². The first-order chi connectivity index (χ1) is 10.3. The molecule has 7 heteroatoms. The quantitative estimate of drug-likeness (QED) is 0.786. The van der Waals surface area contributed by atoms with Gasteiger partial charge < -0.3 is 5.32 Å². The molecule has 2 aromatic heterocycles. The summed E-state index contributed by atoms with van der Waals surface area (Å²) in [4.78, 5) is 17.1. The van der Waals surface area contributed by atoms with Crippen molar-refractivity contribution in [2.45, 2.75) is 13.8 Å². The number of benzene rings is 1. The van der Waals surface area contributed by atoms with E-state index in [0.29, 0.717) is 17.7 Å². The van der Waals surface area contributed by atoms with Gasteiger partial charge in [0.2, 0.25) is 5.95 Å². The molecule has 21 heavy (non-hydrogen) atoms. The fourth-order valence-corrected chi connectivity index (χ4v) is 1.85. The van der Waals surface area contributed by atoms with Crippen LogP contribution in [0.5, 0.6) is 0 Å². The lowest BCUT2D eigenvalue weighted by Gasteiger charge is -2.07. The molecule has 2 heterocycles. The normalized spacial score (nSPS) is 10.6. The second-order valence-electron chi connectivity index (χ2n) is 4.52. The van der Waals surface area contributed by atoms with Crippen molar-refractivity contribution in [1.82, 2.24) is 29.7 Å². The first-order valence-corrected chi connectivity index (χ1v) is 6.68. The third-order valence-electron chi connectivity index (χ3n) is 2.89. The molecule has 1 N–H and O–H groups in total. The van der Waals surface area contributed by atoms with Crippen molar-refractivity contribution in [1.29, 1.82) is 0 Å². The molecular formula is C14H15N7. The fourth-order valence-electron chi connectivity index (χ4n) is 1.85. The highest BCUT2D eigenvalue weighted by molar-refractivity contribution is 5.57. The third kappa shape index (κ3) is 2.86. The van der Waals surface area contributed by atoms with Crippen LogP contribution in [0.25, 0.3) is 17.3 Å². The molecule has 0 spiro atoms. The first kappa shape index (κ1) is 13.2. The zero-order valence-electron chi connectivity index (χ0n) is 11.9. The SMILES string of the molecule is CCNc1nc(-c2ccc(C)cc2)nc(-n2cncn2)n1. The van der Waals surface area contributed by atoms with Gasteiger partial charge in [-0.05, 0) is 13.8 Å². The molecule has 0 fully saturated rings. The first-order valence-electron chi connectivity index (χ1n) is 6.68. The molecule has 3 aromatic rings. The van der Waals surface area contributed by atoms with Gasteiger partial charge in [0.1, 0.15) is 12.7 Å². The molecule has 0 aliphatic heterocycles. The van der Waals surface area contributed by atoms with Crippen molar-refractivity contribution in [3.8, 4) is 17.3 Å². The van der Waals surface area contributed by atoms with Crippen molar-refractivity contribution in [2.75, 3.05) is 11.9 Å². The standard InChI is InChI=1S/C14H15N7/c1-3-16-13-18-12(11-6-4-10(2)5-7-11)19-14(20-13)21-9-15-8-17-21/h4-9H,3H2,1-2H3,(H,16,18,19,20). The molecule has 0 amide bonds. The number of hydrogen-bond acceptors (Lipinski definition) is 6. The summed E-state index contributed by atoms with van der Waals surface area (Å²) in [5.41, 5.74) is 2.12. The summed E-state index contributed by atoms with van der Waals surface area (Å²) in [7, 11) is 0. The van der Waals surface area contributed by atoms with Gasteiger partial charge in [0.05, 0.1) is 0 Å². The van der Waals surface area contributed by atoms with E-state index in [1.807, 2.05) is 38.1 Å². The minimum atomic E-state index is 0.439. The summed E-state index contributed by atoms with van der Waals surface area (Å²) >= 11 is 0. The molecule has 0 saturated heterocycles. The predicted molar refractivity (Wildman–Crippen MR) is 79.1 cm³/mol. The summed E-state index contributed by atoms with van der Waals surface area (Å²) < 4.78 is 1.51. The molecule has 0 aliphatic carbocycles. The minimum Gasteiger partial charge on any atom is -0.354 e. The average molecular weight is 281 g/mol. The van der Waals surface area contributed by atoms with Crippen LogP contribution >= 0.6 is 0 Å². The van der Waals surface area contributed by atoms with Gasteiger partial charge in [0, 0.05) is 12.1 Å². The number of rotatable bonds is 4. The van der Waals surface area contributed by atoms with Crippen molar-refractivity contribution < 1.29 is 0 Å². The Hall–Kier alpha value is -2.83. The molecule has 0 atom stereocenters. The maximum absolute atomic E-state index is 4.46. The van der Waals surface area contributed by atoms with Gasteiger partial charge in [0.15, 0.2) is 5.82 Å². The van der Waals surface area contributed by atoms with Crippen LogP contribution in [-0.4, -0.2) is 36.3 Å². The molecular weight excluding hydrogens is 266 g/mol. The Morgan fingerprint density at radius 2 is 1.90 bits per heavy atom. The number of aryl methyl sites for hydroxylation is 1. The van der Waals surface area contributed by atoms with E-state index in [9.17, 15) is 0 Å². The van der Waals surface area contributed by atoms with Gasteiger partial charge in [0.25, 0.3) is 5.95 Å². The Labute approximate surface area is 122 Å². The van der Waals surface area contributed by atoms with Crippen LogP contribution in [-0.2, 0) is 0 Å². The molecule has 1 aromatic carbocycles. The van der Waals surface area contributed by atoms with Crippen LogP contribution in [0.4, 0.5) is 5.95 Å². The molecule has 106 valence electrons. The van der Waals surface area contributed by atoms with E-state index in [4.69, 9.17) is 0 Å². The highest BCUT2D eigenvalue weighted by Gasteiger charge is 2.10. The van der Waals surface area contributed by atoms with E-state index in [1.165, 1.54) is 16.6 Å². The molecule has 0 saturated carbocycles. The number of anilines is 1. The number of nitrogens with zero attached hydrogens (tertiary/aromatic N) is 6. The van der Waals surface area contributed by atoms with Crippen molar-refractivity contribution >= 4 is 5.95 Å². The van der Waals surface area contributed by atoms with Gasteiger partial charge in [-0.3, -0.25) is 0 Å². The highest BCUT2D eigenvalue weighted by atomic mass is 15.4. The summed E-state index contributed by atoms with van der Waals surface area (Å²) in [6, 6.07) is 8.04. The second-order valence-corrected chi connectivity index (χ2v) is 4.52. The van der Waals surface area contributed by atoms with Gasteiger partial charge >= 0.3 is 0 Å². The Morgan fingerprint density at radius 3 is 2.57 bits per heavy atom. The van der Waals surface area contributed by atoms with Crippen molar-refractivity contribution in [2.24, 2.45) is 0 Å². The van der Waals surface area contributed by atoms with E-state index in [-0.39, 0.29) is 0 Å².